The summed E-state index contributed by atoms with van der Waals surface area (Å²) < 4.78 is 17.5. The number of anilines is 4. The molecule has 4 aliphatic heterocycles. The van der Waals surface area contributed by atoms with Crippen molar-refractivity contribution in [3.05, 3.63) is 240 Å². The molecule has 4 atom stereocenters. The van der Waals surface area contributed by atoms with E-state index in [1.54, 1.807) is 39.5 Å². The molecule has 0 spiro atoms. The minimum absolute atomic E-state index is 0.00609. The maximum Gasteiger partial charge on any atom is 0.223 e. The van der Waals surface area contributed by atoms with Crippen molar-refractivity contribution in [1.29, 1.82) is 0 Å². The number of amides is 4. The number of Topliss-reactive ketones (excluding diaryl/α,β-unsaturated/α-hetero) is 4. The number of hydrogen-bond acceptors (Lipinski definition) is 15. The van der Waals surface area contributed by atoms with Crippen LogP contribution < -0.4 is 37.1 Å². The molecule has 0 saturated carbocycles. The Hall–Kier alpha value is -9.73. The van der Waals surface area contributed by atoms with Crippen molar-refractivity contribution < 1.29 is 52.6 Å². The molecule has 4 amide bonds. The molecule has 0 radical (unpaired) electrons. The molecule has 0 aliphatic carbocycles. The number of rotatable bonds is 31. The fraction of sp³-hybridized carbons (Fsp3) is 0.404. The molecular formula is C94H112BrCl3N8O11. The van der Waals surface area contributed by atoms with Crippen LogP contribution in [0.4, 0.5) is 22.7 Å². The molecule has 8 aromatic rings. The monoisotopic (exact) mass is 1710 g/mol. The Morgan fingerprint density at radius 1 is 0.333 bits per heavy atom. The first-order valence-corrected chi connectivity index (χ1v) is 42.8. The second kappa shape index (κ2) is 47.0. The van der Waals surface area contributed by atoms with Gasteiger partial charge in [-0.05, 0) is 226 Å². The summed E-state index contributed by atoms with van der Waals surface area (Å²) in [5, 5.41) is 1.86. The quantitative estimate of drug-likeness (QED) is 0.0294. The Kier molecular flexibility index (Phi) is 36.6. The summed E-state index contributed by atoms with van der Waals surface area (Å²) >= 11 is 22.3. The van der Waals surface area contributed by atoms with Gasteiger partial charge in [0.1, 0.15) is 40.4 Å². The zero-order valence-electron chi connectivity index (χ0n) is 67.6. The summed E-state index contributed by atoms with van der Waals surface area (Å²) in [5.41, 5.74) is 33.9. The van der Waals surface area contributed by atoms with Crippen LogP contribution in [0.2, 0.25) is 15.1 Å². The molecule has 12 rings (SSSR count). The van der Waals surface area contributed by atoms with Crippen LogP contribution in [0, 0.1) is 0 Å². The normalized spacial score (nSPS) is 16.4. The summed E-state index contributed by atoms with van der Waals surface area (Å²) in [7, 11) is 4.90. The van der Waals surface area contributed by atoms with E-state index in [0.717, 1.165) is 149 Å². The molecule has 4 heterocycles. The molecule has 117 heavy (non-hydrogen) atoms. The molecule has 4 saturated heterocycles. The van der Waals surface area contributed by atoms with Gasteiger partial charge < -0.3 is 56.7 Å². The van der Waals surface area contributed by atoms with Gasteiger partial charge in [0.05, 0.1) is 45.5 Å². The molecule has 622 valence electrons. The first kappa shape index (κ1) is 91.2. The highest BCUT2D eigenvalue weighted by atomic mass is 79.9. The van der Waals surface area contributed by atoms with E-state index in [0.29, 0.717) is 116 Å². The molecular weight excluding hydrogens is 1600 g/mol. The van der Waals surface area contributed by atoms with E-state index in [1.165, 1.54) is 0 Å². The molecule has 4 fully saturated rings. The maximum absolute atomic E-state index is 13.2. The molecule has 4 aliphatic rings. The predicted octanol–water partition coefficient (Wildman–Crippen LogP) is 19.6. The number of benzene rings is 8. The van der Waals surface area contributed by atoms with Gasteiger partial charge in [-0.15, -0.1) is 0 Å². The Balaban J connectivity index is 0.000000178. The Bertz CT molecular complexity index is 4610. The Morgan fingerprint density at radius 3 is 1.03 bits per heavy atom. The van der Waals surface area contributed by atoms with E-state index < -0.39 is 0 Å². The van der Waals surface area contributed by atoms with Crippen molar-refractivity contribution in [2.45, 2.75) is 198 Å². The highest BCUT2D eigenvalue weighted by Gasteiger charge is 2.35. The van der Waals surface area contributed by atoms with Crippen LogP contribution in [0.3, 0.4) is 0 Å². The fourth-order valence-corrected chi connectivity index (χ4v) is 16.7. The second-order valence-corrected chi connectivity index (χ2v) is 32.5. The lowest BCUT2D eigenvalue weighted by molar-refractivity contribution is -0.136. The summed E-state index contributed by atoms with van der Waals surface area (Å²) in [5.74, 6) is 2.82. The minimum atomic E-state index is -0.0765. The third-order valence-corrected chi connectivity index (χ3v) is 23.7. The van der Waals surface area contributed by atoms with E-state index in [2.05, 4.69) is 22.0 Å². The Labute approximate surface area is 712 Å². The van der Waals surface area contributed by atoms with E-state index in [-0.39, 0.29) is 109 Å². The van der Waals surface area contributed by atoms with Crippen molar-refractivity contribution in [3.8, 4) is 17.2 Å². The Morgan fingerprint density at radius 2 is 0.650 bits per heavy atom. The summed E-state index contributed by atoms with van der Waals surface area (Å²) in [4.78, 5) is 108. The SMILES string of the molecule is COc1ccc(Cl)cc1C1CCCN1C(=O)CCC(=O)CCc1ccc(N)cc1.COc1ccc(OC)c(C2CCCCCN2C(=O)CCC(=O)CCc2ccc(N)cc2)c1.Nc1ccc(CCC(=O)CCC(=O)N2CCCC2c2ccccc2Br)cc1.Nc1ccc(CCC(=O)CCC(=O)N2CCCCC2c2cc(Cl)ccc2Cl)cc1. The number of methoxy groups -OCH3 is 3. The summed E-state index contributed by atoms with van der Waals surface area (Å²) in [6.45, 7) is 2.85. The van der Waals surface area contributed by atoms with Gasteiger partial charge in [-0.1, -0.05) is 130 Å². The zero-order valence-corrected chi connectivity index (χ0v) is 71.4. The molecule has 4 unspecified atom stereocenters. The lowest BCUT2D eigenvalue weighted by Crippen LogP contribution is -2.38. The van der Waals surface area contributed by atoms with E-state index in [1.807, 2.05) is 171 Å². The number of aryl methyl sites for hydroxylation is 4. The number of nitrogens with two attached hydrogens (primary N) is 4. The average molecular weight is 1720 g/mol. The number of carbonyl (C=O) groups excluding carboxylic acids is 8. The summed E-state index contributed by atoms with van der Waals surface area (Å²) in [6.07, 6.45) is 17.2. The number of hydrogen-bond donors (Lipinski definition) is 4. The number of nitrogen functional groups attached to an aromatic ring is 4. The standard InChI is InChI=1S/C26H34N2O4.C23H26Cl2N2O2.C23H27ClN2O3.C22H25BrN2O2/c1-31-22-14-15-25(32-2)23(18-22)24-6-4-3-5-17-28(24)26(30)16-13-21(29)12-9-19-7-10-20(27)11-8-19;24-17-7-12-21(25)20(15-17)22-3-1-2-14-27(22)23(29)13-11-19(28)10-6-16-4-8-18(26)9-5-16;1-29-22-12-7-17(24)15-20(22)21-3-2-14-26(21)23(28)13-11-19(27)10-6-16-4-8-18(25)9-5-16;23-20-5-2-1-4-19(20)21-6-3-15-25(21)22(27)14-13-18(26)12-9-16-7-10-17(24)11-8-16/h7-8,10-11,14-15,18,24H,3-6,9,12-13,16-17,27H2,1-2H3;4-5,7-9,12,15,22H,1-3,6,10-11,13-14,26H2;4-5,7-9,12,15,21H,2-3,6,10-11,13-14,25H2,1H3;1-2,4-5,7-8,10-11,21H,3,6,9,12-15,24H2. The van der Waals surface area contributed by atoms with Gasteiger partial charge in [0.25, 0.3) is 0 Å². The molecule has 0 aromatic heterocycles. The van der Waals surface area contributed by atoms with Crippen LogP contribution in [0.15, 0.2) is 180 Å². The van der Waals surface area contributed by atoms with Gasteiger partial charge in [-0.25, -0.2) is 0 Å². The van der Waals surface area contributed by atoms with Gasteiger partial charge in [0.15, 0.2) is 0 Å². The van der Waals surface area contributed by atoms with Crippen molar-refractivity contribution >= 4 is 120 Å². The van der Waals surface area contributed by atoms with Gasteiger partial charge >= 0.3 is 0 Å². The van der Waals surface area contributed by atoms with Gasteiger partial charge in [-0.2, -0.15) is 0 Å². The van der Waals surface area contributed by atoms with Crippen molar-refractivity contribution in [3.63, 3.8) is 0 Å². The first-order chi connectivity index (χ1) is 56.5. The van der Waals surface area contributed by atoms with Crippen LogP contribution in [0.25, 0.3) is 0 Å². The lowest BCUT2D eigenvalue weighted by Gasteiger charge is -2.36. The molecule has 8 aromatic carbocycles. The number of carbonyl (C=O) groups is 8. The fourth-order valence-electron chi connectivity index (χ4n) is 15.6. The van der Waals surface area contributed by atoms with Crippen LogP contribution in [-0.2, 0) is 64.0 Å². The van der Waals surface area contributed by atoms with E-state index >= 15 is 0 Å². The summed E-state index contributed by atoms with van der Waals surface area (Å²) in [6, 6.07) is 54.8. The topological polar surface area (TPSA) is 281 Å². The highest BCUT2D eigenvalue weighted by molar-refractivity contribution is 9.10. The van der Waals surface area contributed by atoms with E-state index in [4.69, 9.17) is 71.9 Å². The second-order valence-electron chi connectivity index (χ2n) is 30.3. The molecule has 23 heteroatoms. The molecule has 8 N–H and O–H groups in total. The van der Waals surface area contributed by atoms with Gasteiger partial charge in [0.2, 0.25) is 23.6 Å². The van der Waals surface area contributed by atoms with Crippen LogP contribution in [-0.4, -0.2) is 114 Å². The largest absolute Gasteiger partial charge is 0.497 e. The van der Waals surface area contributed by atoms with Crippen LogP contribution >= 0.6 is 50.7 Å². The number of likely N-dealkylation sites (tertiary alicyclic amines) is 4. The average Bonchev–Trinajstić information content (AvgIpc) is 1.57. The first-order valence-electron chi connectivity index (χ1n) is 40.8. The van der Waals surface area contributed by atoms with Gasteiger partial charge in [-0.3, -0.25) is 38.4 Å². The molecule has 0 bridgehead atoms. The minimum Gasteiger partial charge on any atom is -0.497 e. The number of piperidine rings is 1. The number of ketones is 4. The lowest BCUT2D eigenvalue weighted by atomic mass is 9.94. The van der Waals surface area contributed by atoms with E-state index in [9.17, 15) is 38.4 Å². The van der Waals surface area contributed by atoms with Crippen LogP contribution in [0.5, 0.6) is 17.2 Å². The van der Waals surface area contributed by atoms with Gasteiger partial charge in [0, 0.05) is 157 Å². The smallest absolute Gasteiger partial charge is 0.223 e. The van der Waals surface area contributed by atoms with Crippen molar-refractivity contribution in [1.82, 2.24) is 19.6 Å². The highest BCUT2D eigenvalue weighted by Crippen LogP contribution is 2.42. The van der Waals surface area contributed by atoms with Crippen LogP contribution in [0.1, 0.15) is 216 Å². The number of halogens is 4. The molecule has 19 nitrogen and oxygen atoms in total. The predicted molar refractivity (Wildman–Crippen MR) is 470 cm³/mol. The maximum atomic E-state index is 13.2. The van der Waals surface area contributed by atoms with Crippen molar-refractivity contribution in [2.24, 2.45) is 0 Å². The zero-order chi connectivity index (χ0) is 83.8. The third kappa shape index (κ3) is 28.5. The number of ether oxygens (including phenoxy) is 3. The number of nitrogens with zero attached hydrogens (tertiary/aromatic N) is 4. The van der Waals surface area contributed by atoms with Crippen molar-refractivity contribution in [2.75, 3.05) is 70.4 Å². The third-order valence-electron chi connectivity index (χ3n) is 22.1.